The molecule has 1 saturated carbocycles. The number of pyridine rings is 1. The van der Waals surface area contributed by atoms with Crippen molar-refractivity contribution in [3.05, 3.63) is 29.6 Å². The fourth-order valence-corrected chi connectivity index (χ4v) is 2.45. The zero-order valence-corrected chi connectivity index (χ0v) is 12.5. The molecule has 1 heterocycles. The Morgan fingerprint density at radius 2 is 2.24 bits per heavy atom. The summed E-state index contributed by atoms with van der Waals surface area (Å²) in [5.41, 5.74) is 1.17. The molecule has 1 aromatic heterocycles. The molecule has 0 unspecified atom stereocenters. The molecule has 0 saturated heterocycles. The van der Waals surface area contributed by atoms with Crippen molar-refractivity contribution in [1.29, 1.82) is 0 Å². The highest BCUT2D eigenvalue weighted by atomic mass is 16.2. The van der Waals surface area contributed by atoms with Gasteiger partial charge in [-0.2, -0.15) is 0 Å². The van der Waals surface area contributed by atoms with Gasteiger partial charge in [0.2, 0.25) is 0 Å². The SMILES string of the molecule is CN(C)C1(CNC(=O)c2ccc(C#CCO)cn2)CCC1. The predicted octanol–water partition coefficient (Wildman–Crippen LogP) is 0.639. The molecule has 0 spiro atoms. The second-order valence-electron chi connectivity index (χ2n) is 5.55. The summed E-state index contributed by atoms with van der Waals surface area (Å²) in [5.74, 6) is 5.13. The fourth-order valence-electron chi connectivity index (χ4n) is 2.45. The lowest BCUT2D eigenvalue weighted by Crippen LogP contribution is -2.57. The van der Waals surface area contributed by atoms with Gasteiger partial charge in [-0.15, -0.1) is 0 Å². The van der Waals surface area contributed by atoms with Gasteiger partial charge in [-0.1, -0.05) is 11.8 Å². The molecular weight excluding hydrogens is 266 g/mol. The van der Waals surface area contributed by atoms with E-state index < -0.39 is 0 Å². The summed E-state index contributed by atoms with van der Waals surface area (Å²) >= 11 is 0. The molecule has 0 radical (unpaired) electrons. The standard InChI is InChI=1S/C16H21N3O2/c1-19(2)16(8-4-9-16)12-18-15(21)14-7-6-13(11-17-14)5-3-10-20/h6-7,11,20H,4,8-10,12H2,1-2H3,(H,18,21). The number of hydrogen-bond acceptors (Lipinski definition) is 4. The third kappa shape index (κ3) is 3.60. The average molecular weight is 287 g/mol. The number of nitrogens with one attached hydrogen (secondary N) is 1. The molecule has 2 rings (SSSR count). The van der Waals surface area contributed by atoms with Gasteiger partial charge in [-0.05, 0) is 45.5 Å². The monoisotopic (exact) mass is 287 g/mol. The molecule has 0 atom stereocenters. The van der Waals surface area contributed by atoms with Crippen LogP contribution in [0.5, 0.6) is 0 Å². The molecule has 21 heavy (non-hydrogen) atoms. The van der Waals surface area contributed by atoms with Gasteiger partial charge in [-0.25, -0.2) is 4.98 Å². The molecule has 1 aliphatic rings. The highest BCUT2D eigenvalue weighted by molar-refractivity contribution is 5.92. The number of carbonyl (C=O) groups excluding carboxylic acids is 1. The number of aromatic nitrogens is 1. The van der Waals surface area contributed by atoms with Gasteiger partial charge in [0.25, 0.3) is 5.91 Å². The molecule has 1 aromatic rings. The van der Waals surface area contributed by atoms with Crippen molar-refractivity contribution in [2.75, 3.05) is 27.2 Å². The minimum absolute atomic E-state index is 0.0994. The Morgan fingerprint density at radius 3 is 2.71 bits per heavy atom. The normalized spacial score (nSPS) is 15.8. The fraction of sp³-hybridized carbons (Fsp3) is 0.500. The summed E-state index contributed by atoms with van der Waals surface area (Å²) in [4.78, 5) is 18.4. The van der Waals surface area contributed by atoms with Gasteiger partial charge in [0.1, 0.15) is 12.3 Å². The zero-order chi connectivity index (χ0) is 15.3. The van der Waals surface area contributed by atoms with Crippen molar-refractivity contribution < 1.29 is 9.90 Å². The van der Waals surface area contributed by atoms with Crippen LogP contribution in [-0.2, 0) is 0 Å². The maximum Gasteiger partial charge on any atom is 0.269 e. The Bertz CT molecular complexity index is 551. The van der Waals surface area contributed by atoms with Crippen molar-refractivity contribution >= 4 is 5.91 Å². The molecule has 1 aliphatic carbocycles. The molecule has 0 aliphatic heterocycles. The van der Waals surface area contributed by atoms with E-state index in [4.69, 9.17) is 5.11 Å². The maximum atomic E-state index is 12.1. The molecule has 1 amide bonds. The highest BCUT2D eigenvalue weighted by Crippen LogP contribution is 2.35. The second kappa shape index (κ2) is 6.70. The molecule has 1 fully saturated rings. The lowest BCUT2D eigenvalue weighted by molar-refractivity contribution is 0.0556. The van der Waals surface area contributed by atoms with Crippen molar-refractivity contribution in [2.45, 2.75) is 24.8 Å². The average Bonchev–Trinajstić information content (AvgIpc) is 2.44. The topological polar surface area (TPSA) is 65.5 Å². The summed E-state index contributed by atoms with van der Waals surface area (Å²) in [5, 5.41) is 11.6. The van der Waals surface area contributed by atoms with E-state index in [2.05, 4.69) is 41.1 Å². The first-order chi connectivity index (χ1) is 10.1. The first kappa shape index (κ1) is 15.5. The van der Waals surface area contributed by atoms with E-state index in [0.717, 1.165) is 12.8 Å². The zero-order valence-electron chi connectivity index (χ0n) is 12.5. The Morgan fingerprint density at radius 1 is 1.48 bits per heavy atom. The summed E-state index contributed by atoms with van der Waals surface area (Å²) in [6.07, 6.45) is 4.99. The summed E-state index contributed by atoms with van der Waals surface area (Å²) in [6.45, 7) is 0.460. The maximum absolute atomic E-state index is 12.1. The van der Waals surface area contributed by atoms with Crippen molar-refractivity contribution in [3.63, 3.8) is 0 Å². The van der Waals surface area contributed by atoms with Gasteiger partial charge in [0, 0.05) is 23.8 Å². The van der Waals surface area contributed by atoms with Crippen LogP contribution in [0, 0.1) is 11.8 Å². The van der Waals surface area contributed by atoms with Crippen LogP contribution in [0.15, 0.2) is 18.3 Å². The van der Waals surface area contributed by atoms with Gasteiger partial charge in [0.15, 0.2) is 0 Å². The number of hydrogen-bond donors (Lipinski definition) is 2. The van der Waals surface area contributed by atoms with Crippen molar-refractivity contribution in [2.24, 2.45) is 0 Å². The van der Waals surface area contributed by atoms with Crippen LogP contribution in [-0.4, -0.2) is 53.7 Å². The molecule has 0 aromatic carbocycles. The molecule has 5 nitrogen and oxygen atoms in total. The van der Waals surface area contributed by atoms with Crippen LogP contribution < -0.4 is 5.32 Å². The predicted molar refractivity (Wildman–Crippen MR) is 80.8 cm³/mol. The van der Waals surface area contributed by atoms with Crippen molar-refractivity contribution in [1.82, 2.24) is 15.2 Å². The molecule has 5 heteroatoms. The van der Waals surface area contributed by atoms with Crippen LogP contribution in [0.25, 0.3) is 0 Å². The quantitative estimate of drug-likeness (QED) is 0.798. The summed E-state index contributed by atoms with van der Waals surface area (Å²) < 4.78 is 0. The Kier molecular flexibility index (Phi) is 4.94. The van der Waals surface area contributed by atoms with E-state index in [1.807, 2.05) is 0 Å². The number of rotatable bonds is 4. The first-order valence-corrected chi connectivity index (χ1v) is 7.09. The molecular formula is C16H21N3O2. The number of carbonyl (C=O) groups is 1. The van der Waals surface area contributed by atoms with Gasteiger partial charge in [-0.3, -0.25) is 4.79 Å². The number of aliphatic hydroxyl groups excluding tert-OH is 1. The first-order valence-electron chi connectivity index (χ1n) is 7.09. The molecule has 2 N–H and O–H groups in total. The third-order valence-electron chi connectivity index (χ3n) is 4.12. The van der Waals surface area contributed by atoms with Gasteiger partial charge < -0.3 is 15.3 Å². The number of nitrogens with zero attached hydrogens (tertiary/aromatic N) is 2. The van der Waals surface area contributed by atoms with E-state index in [0.29, 0.717) is 17.8 Å². The summed E-state index contributed by atoms with van der Waals surface area (Å²) in [6, 6.07) is 3.38. The van der Waals surface area contributed by atoms with Gasteiger partial charge >= 0.3 is 0 Å². The lowest BCUT2D eigenvalue weighted by atomic mass is 9.75. The van der Waals surface area contributed by atoms with E-state index in [9.17, 15) is 4.79 Å². The van der Waals surface area contributed by atoms with Crippen LogP contribution in [0.1, 0.15) is 35.3 Å². The van der Waals surface area contributed by atoms with Gasteiger partial charge in [0.05, 0.1) is 0 Å². The largest absolute Gasteiger partial charge is 0.384 e. The Balaban J connectivity index is 1.94. The van der Waals surface area contributed by atoms with Crippen molar-refractivity contribution in [3.8, 4) is 11.8 Å². The lowest BCUT2D eigenvalue weighted by Gasteiger charge is -2.47. The molecule has 112 valence electrons. The Labute approximate surface area is 125 Å². The van der Waals surface area contributed by atoms with Crippen LogP contribution in [0.4, 0.5) is 0 Å². The smallest absolute Gasteiger partial charge is 0.269 e. The van der Waals surface area contributed by atoms with E-state index in [-0.39, 0.29) is 18.1 Å². The number of amides is 1. The van der Waals surface area contributed by atoms with E-state index in [1.54, 1.807) is 18.3 Å². The number of likely N-dealkylation sites (N-methyl/N-ethyl adjacent to an activating group) is 1. The summed E-state index contributed by atoms with van der Waals surface area (Å²) in [7, 11) is 4.11. The van der Waals surface area contributed by atoms with Crippen LogP contribution >= 0.6 is 0 Å². The third-order valence-corrected chi connectivity index (χ3v) is 4.12. The minimum atomic E-state index is -0.186. The highest BCUT2D eigenvalue weighted by Gasteiger charge is 2.39. The second-order valence-corrected chi connectivity index (χ2v) is 5.55. The number of aliphatic hydroxyl groups is 1. The van der Waals surface area contributed by atoms with Crippen LogP contribution in [0.2, 0.25) is 0 Å². The Hall–Kier alpha value is -1.90. The van der Waals surface area contributed by atoms with E-state index >= 15 is 0 Å². The van der Waals surface area contributed by atoms with E-state index in [1.165, 1.54) is 6.42 Å². The molecule has 0 bridgehead atoms. The van der Waals surface area contributed by atoms with Crippen LogP contribution in [0.3, 0.4) is 0 Å². The minimum Gasteiger partial charge on any atom is -0.384 e.